The zero-order valence-corrected chi connectivity index (χ0v) is 12.8. The van der Waals surface area contributed by atoms with E-state index in [1.807, 2.05) is 24.3 Å². The minimum absolute atomic E-state index is 0.202. The normalized spacial score (nSPS) is 12.7. The van der Waals surface area contributed by atoms with Gasteiger partial charge in [-0.2, -0.15) is 0 Å². The van der Waals surface area contributed by atoms with Crippen molar-refractivity contribution in [3.8, 4) is 0 Å². The molecule has 106 valence electrons. The zero-order chi connectivity index (χ0) is 14.5. The molecule has 0 bridgehead atoms. The first kappa shape index (κ1) is 15.0. The minimum atomic E-state index is 0.202. The molecule has 0 aliphatic carbocycles. The topological polar surface area (TPSA) is 29.3 Å². The number of hydrogen-bond donors (Lipinski definition) is 1. The molecule has 0 spiro atoms. The van der Waals surface area contributed by atoms with Gasteiger partial charge in [0.2, 0.25) is 0 Å². The van der Waals surface area contributed by atoms with Crippen LogP contribution in [0.3, 0.4) is 0 Å². The van der Waals surface area contributed by atoms with Gasteiger partial charge in [0.1, 0.15) is 0 Å². The van der Waals surface area contributed by atoms with Gasteiger partial charge in [-0.15, -0.1) is 0 Å². The molecule has 0 aliphatic rings. The highest BCUT2D eigenvalue weighted by Crippen LogP contribution is 2.22. The van der Waals surface area contributed by atoms with Gasteiger partial charge in [0, 0.05) is 24.2 Å². The lowest BCUT2D eigenvalue weighted by molar-refractivity contribution is 0.242. The lowest BCUT2D eigenvalue weighted by Gasteiger charge is -2.27. The van der Waals surface area contributed by atoms with Gasteiger partial charge in [0.05, 0.1) is 0 Å². The molecule has 2 nitrogen and oxygen atoms in total. The van der Waals surface area contributed by atoms with Gasteiger partial charge in [-0.3, -0.25) is 4.90 Å². The van der Waals surface area contributed by atoms with E-state index in [2.05, 4.69) is 43.1 Å². The predicted octanol–water partition coefficient (Wildman–Crippen LogP) is 3.78. The van der Waals surface area contributed by atoms with Crippen LogP contribution in [-0.4, -0.2) is 18.5 Å². The molecule has 2 aromatic carbocycles. The van der Waals surface area contributed by atoms with Crippen LogP contribution in [0.15, 0.2) is 48.5 Å². The number of nitrogens with two attached hydrogens (primary N) is 1. The summed E-state index contributed by atoms with van der Waals surface area (Å²) in [5.74, 6) is 0. The molecule has 1 unspecified atom stereocenters. The molecule has 0 amide bonds. The Labute approximate surface area is 126 Å². The lowest BCUT2D eigenvalue weighted by Crippen LogP contribution is -2.30. The van der Waals surface area contributed by atoms with Gasteiger partial charge in [-0.05, 0) is 37.2 Å². The Bertz CT molecular complexity index is 551. The van der Waals surface area contributed by atoms with Crippen LogP contribution < -0.4 is 5.73 Å². The largest absolute Gasteiger partial charge is 0.329 e. The SMILES string of the molecule is Cc1cccc(CN(C)C(CN)c2ccc(Cl)cc2)c1. The van der Waals surface area contributed by atoms with Crippen molar-refractivity contribution in [2.75, 3.05) is 13.6 Å². The van der Waals surface area contributed by atoms with Crippen LogP contribution in [0.5, 0.6) is 0 Å². The average Bonchev–Trinajstić information content (AvgIpc) is 2.42. The molecule has 0 fully saturated rings. The molecule has 20 heavy (non-hydrogen) atoms. The summed E-state index contributed by atoms with van der Waals surface area (Å²) in [7, 11) is 2.11. The average molecular weight is 289 g/mol. The number of halogens is 1. The smallest absolute Gasteiger partial charge is 0.0470 e. The molecule has 0 aliphatic heterocycles. The first-order valence-electron chi connectivity index (χ1n) is 6.81. The van der Waals surface area contributed by atoms with Crippen LogP contribution in [0.4, 0.5) is 0 Å². The monoisotopic (exact) mass is 288 g/mol. The summed E-state index contributed by atoms with van der Waals surface area (Å²) in [5, 5.41) is 0.755. The van der Waals surface area contributed by atoms with E-state index in [9.17, 15) is 0 Å². The van der Waals surface area contributed by atoms with Gasteiger partial charge in [-0.25, -0.2) is 0 Å². The van der Waals surface area contributed by atoms with Crippen molar-refractivity contribution in [2.24, 2.45) is 5.73 Å². The Morgan fingerprint density at radius 2 is 1.85 bits per heavy atom. The van der Waals surface area contributed by atoms with Gasteiger partial charge in [0.25, 0.3) is 0 Å². The Kier molecular flexibility index (Phi) is 5.18. The Morgan fingerprint density at radius 1 is 1.15 bits per heavy atom. The third kappa shape index (κ3) is 3.83. The first-order chi connectivity index (χ1) is 9.60. The van der Waals surface area contributed by atoms with Crippen molar-refractivity contribution in [3.63, 3.8) is 0 Å². The minimum Gasteiger partial charge on any atom is -0.329 e. The summed E-state index contributed by atoms with van der Waals surface area (Å²) >= 11 is 5.94. The molecule has 0 heterocycles. The van der Waals surface area contributed by atoms with E-state index in [1.54, 1.807) is 0 Å². The number of aryl methyl sites for hydroxylation is 1. The van der Waals surface area contributed by atoms with Gasteiger partial charge in [0.15, 0.2) is 0 Å². The second-order valence-electron chi connectivity index (χ2n) is 5.21. The summed E-state index contributed by atoms with van der Waals surface area (Å²) < 4.78 is 0. The molecule has 3 heteroatoms. The second kappa shape index (κ2) is 6.89. The molecule has 2 rings (SSSR count). The van der Waals surface area contributed by atoms with Gasteiger partial charge in [-0.1, -0.05) is 53.6 Å². The van der Waals surface area contributed by atoms with Crippen LogP contribution in [0.25, 0.3) is 0 Å². The van der Waals surface area contributed by atoms with Crippen LogP contribution in [0.2, 0.25) is 5.02 Å². The fourth-order valence-corrected chi connectivity index (χ4v) is 2.59. The van der Waals surface area contributed by atoms with Crippen molar-refractivity contribution in [2.45, 2.75) is 19.5 Å². The van der Waals surface area contributed by atoms with E-state index in [-0.39, 0.29) is 6.04 Å². The molecule has 1 atom stereocenters. The molecular weight excluding hydrogens is 268 g/mol. The molecule has 0 saturated carbocycles. The van der Waals surface area contributed by atoms with E-state index in [4.69, 9.17) is 17.3 Å². The van der Waals surface area contributed by atoms with Crippen LogP contribution in [0.1, 0.15) is 22.7 Å². The third-order valence-corrected chi connectivity index (χ3v) is 3.78. The number of nitrogens with zero attached hydrogens (tertiary/aromatic N) is 1. The maximum Gasteiger partial charge on any atom is 0.0470 e. The van der Waals surface area contributed by atoms with E-state index < -0.39 is 0 Å². The van der Waals surface area contributed by atoms with Crippen molar-refractivity contribution >= 4 is 11.6 Å². The molecule has 2 N–H and O–H groups in total. The molecule has 0 saturated heterocycles. The summed E-state index contributed by atoms with van der Waals surface area (Å²) in [6.07, 6.45) is 0. The van der Waals surface area contributed by atoms with Crippen LogP contribution in [0, 0.1) is 6.92 Å². The maximum absolute atomic E-state index is 5.95. The Balaban J connectivity index is 2.13. The van der Waals surface area contributed by atoms with Crippen molar-refractivity contribution in [1.82, 2.24) is 4.90 Å². The van der Waals surface area contributed by atoms with Crippen molar-refractivity contribution < 1.29 is 0 Å². The number of benzene rings is 2. The zero-order valence-electron chi connectivity index (χ0n) is 12.0. The third-order valence-electron chi connectivity index (χ3n) is 3.52. The summed E-state index contributed by atoms with van der Waals surface area (Å²) in [6, 6.07) is 16.7. The first-order valence-corrected chi connectivity index (χ1v) is 7.19. The molecule has 0 aromatic heterocycles. The quantitative estimate of drug-likeness (QED) is 0.907. The summed E-state index contributed by atoms with van der Waals surface area (Å²) in [4.78, 5) is 2.28. The Morgan fingerprint density at radius 3 is 2.45 bits per heavy atom. The van der Waals surface area contributed by atoms with E-state index in [0.717, 1.165) is 11.6 Å². The predicted molar refractivity (Wildman–Crippen MR) is 85.9 cm³/mol. The highest BCUT2D eigenvalue weighted by molar-refractivity contribution is 6.30. The highest BCUT2D eigenvalue weighted by atomic mass is 35.5. The van der Waals surface area contributed by atoms with Crippen LogP contribution >= 0.6 is 11.6 Å². The van der Waals surface area contributed by atoms with Crippen molar-refractivity contribution in [3.05, 3.63) is 70.2 Å². The second-order valence-corrected chi connectivity index (χ2v) is 5.64. The number of hydrogen-bond acceptors (Lipinski definition) is 2. The van der Waals surface area contributed by atoms with E-state index in [0.29, 0.717) is 6.54 Å². The van der Waals surface area contributed by atoms with E-state index >= 15 is 0 Å². The van der Waals surface area contributed by atoms with Crippen LogP contribution in [-0.2, 0) is 6.54 Å². The molecule has 0 radical (unpaired) electrons. The number of rotatable bonds is 5. The summed E-state index contributed by atoms with van der Waals surface area (Å²) in [6.45, 7) is 3.58. The number of likely N-dealkylation sites (N-methyl/N-ethyl adjacent to an activating group) is 1. The summed E-state index contributed by atoms with van der Waals surface area (Å²) in [5.41, 5.74) is 9.74. The Hall–Kier alpha value is -1.35. The fourth-order valence-electron chi connectivity index (χ4n) is 2.46. The lowest BCUT2D eigenvalue weighted by atomic mass is 10.0. The van der Waals surface area contributed by atoms with Gasteiger partial charge >= 0.3 is 0 Å². The van der Waals surface area contributed by atoms with Gasteiger partial charge < -0.3 is 5.73 Å². The van der Waals surface area contributed by atoms with E-state index in [1.165, 1.54) is 16.7 Å². The highest BCUT2D eigenvalue weighted by Gasteiger charge is 2.15. The molecule has 2 aromatic rings. The standard InChI is InChI=1S/C17H21ClN2/c1-13-4-3-5-14(10-13)12-20(2)17(11-19)15-6-8-16(18)9-7-15/h3-10,17H,11-12,19H2,1-2H3. The molecular formula is C17H21ClN2. The maximum atomic E-state index is 5.95. The fraction of sp³-hybridized carbons (Fsp3) is 0.294. The van der Waals surface area contributed by atoms with Crippen molar-refractivity contribution in [1.29, 1.82) is 0 Å².